The molecule has 4 rings (SSSR count). The average molecular weight is 496 g/mol. The molecule has 0 aromatic heterocycles. The molecule has 36 heavy (non-hydrogen) atoms. The number of rotatable bonds is 9. The molecule has 1 amide bonds. The van der Waals surface area contributed by atoms with Gasteiger partial charge >= 0.3 is 0 Å². The molecule has 2 heterocycles. The molecule has 1 fully saturated rings. The summed E-state index contributed by atoms with van der Waals surface area (Å²) in [5.74, 6) is -1.40. The van der Waals surface area contributed by atoms with Gasteiger partial charge in [-0.05, 0) is 37.1 Å². The van der Waals surface area contributed by atoms with Crippen molar-refractivity contribution >= 4 is 23.1 Å². The van der Waals surface area contributed by atoms with Gasteiger partial charge in [-0.2, -0.15) is 0 Å². The van der Waals surface area contributed by atoms with E-state index in [4.69, 9.17) is 9.47 Å². The Kier molecular flexibility index (Phi) is 7.54. The second kappa shape index (κ2) is 10.8. The maximum absolute atomic E-state index is 13.6. The number of nitro groups is 1. The van der Waals surface area contributed by atoms with Gasteiger partial charge < -0.3 is 24.4 Å². The number of carbonyl (C=O) groups is 2. The molecule has 1 saturated heterocycles. The number of non-ortho nitro benzene ring substituents is 1. The van der Waals surface area contributed by atoms with Crippen LogP contribution in [-0.4, -0.2) is 60.9 Å². The number of nitrogens with zero attached hydrogens (tertiary/aromatic N) is 2. The molecular weight excluding hydrogens is 466 g/mol. The Balaban J connectivity index is 1.77. The van der Waals surface area contributed by atoms with Crippen LogP contribution < -0.4 is 19.5 Å². The Morgan fingerprint density at radius 2 is 1.81 bits per heavy atom. The van der Waals surface area contributed by atoms with Gasteiger partial charge in [-0.15, -0.1) is 0 Å². The summed E-state index contributed by atoms with van der Waals surface area (Å²) in [5.41, 5.74) is 0.130. The van der Waals surface area contributed by atoms with Gasteiger partial charge in [0.2, 0.25) is 5.78 Å². The van der Waals surface area contributed by atoms with Crippen LogP contribution in [0.1, 0.15) is 37.4 Å². The number of Topliss-reactive ketones (excluding diaryl/α,β-unsaturated/α-hetero) is 1. The highest BCUT2D eigenvalue weighted by Crippen LogP contribution is 2.41. The second-order valence-corrected chi connectivity index (χ2v) is 8.74. The summed E-state index contributed by atoms with van der Waals surface area (Å²) in [4.78, 5) is 39.9. The highest BCUT2D eigenvalue weighted by molar-refractivity contribution is 6.46. The molecule has 0 bridgehead atoms. The lowest BCUT2D eigenvalue weighted by atomic mass is 9.94. The minimum absolute atomic E-state index is 0.181. The third-order valence-electron chi connectivity index (χ3n) is 6.66. The summed E-state index contributed by atoms with van der Waals surface area (Å²) >= 11 is 0. The van der Waals surface area contributed by atoms with Gasteiger partial charge in [0.1, 0.15) is 13.2 Å². The van der Waals surface area contributed by atoms with E-state index in [1.54, 1.807) is 12.1 Å². The van der Waals surface area contributed by atoms with Crippen LogP contribution in [0.15, 0.2) is 48.0 Å². The summed E-state index contributed by atoms with van der Waals surface area (Å²) in [6.07, 6.45) is 0.618. The Morgan fingerprint density at radius 1 is 1.08 bits per heavy atom. The fourth-order valence-corrected chi connectivity index (χ4v) is 4.70. The van der Waals surface area contributed by atoms with Gasteiger partial charge in [-0.1, -0.05) is 24.0 Å². The Bertz CT molecular complexity index is 1210. The molecule has 0 spiro atoms. The number of ketones is 1. The van der Waals surface area contributed by atoms with Crippen LogP contribution in [0.25, 0.3) is 5.76 Å². The van der Waals surface area contributed by atoms with Crippen LogP contribution in [0, 0.1) is 10.1 Å². The first-order chi connectivity index (χ1) is 17.3. The van der Waals surface area contributed by atoms with Gasteiger partial charge in [-0.25, -0.2) is 0 Å². The molecule has 10 heteroatoms. The van der Waals surface area contributed by atoms with Crippen LogP contribution in [0.4, 0.5) is 5.69 Å². The average Bonchev–Trinajstić information content (AvgIpc) is 3.15. The van der Waals surface area contributed by atoms with Gasteiger partial charge in [0.15, 0.2) is 11.5 Å². The van der Waals surface area contributed by atoms with E-state index in [9.17, 15) is 24.8 Å². The molecule has 1 unspecified atom stereocenters. The SMILES string of the molecule is CC[NH+](CC)CCCN1C(=O)C(=O)/C(=C(/[O-])c2ccc3c(c2)OCCO3)C1c1cccc([N+](=O)[O-])c1. The second-order valence-electron chi connectivity index (χ2n) is 8.74. The van der Waals surface area contributed by atoms with Crippen molar-refractivity contribution in [3.05, 3.63) is 69.3 Å². The molecule has 2 aromatic carbocycles. The maximum atomic E-state index is 13.6. The molecule has 2 aromatic rings. The number of benzene rings is 2. The largest absolute Gasteiger partial charge is 0.872 e. The number of fused-ring (bicyclic) bond motifs is 1. The number of likely N-dealkylation sites (tertiary alicyclic amines) is 1. The van der Waals surface area contributed by atoms with Crippen molar-refractivity contribution < 1.29 is 34.0 Å². The number of ether oxygens (including phenoxy) is 2. The van der Waals surface area contributed by atoms with E-state index in [0.29, 0.717) is 36.7 Å². The fraction of sp³-hybridized carbons (Fsp3) is 0.385. The number of nitro benzene ring substituents is 1. The molecular formula is C26H29N3O7. The van der Waals surface area contributed by atoms with Gasteiger partial charge in [0, 0.05) is 30.7 Å². The quantitative estimate of drug-likeness (QED) is 0.180. The van der Waals surface area contributed by atoms with Crippen molar-refractivity contribution in [2.24, 2.45) is 0 Å². The lowest BCUT2D eigenvalue weighted by molar-refractivity contribution is -0.896. The molecule has 2 aliphatic heterocycles. The molecule has 0 aliphatic carbocycles. The van der Waals surface area contributed by atoms with E-state index in [1.807, 2.05) is 0 Å². The summed E-state index contributed by atoms with van der Waals surface area (Å²) in [6, 6.07) is 9.34. The maximum Gasteiger partial charge on any atom is 0.295 e. The standard InChI is InChI=1S/C26H29N3O7/c1-3-27(4-2)11-6-12-28-23(17-7-5-8-19(15-17)29(33)34)22(25(31)26(28)32)24(30)18-9-10-20-21(16-18)36-14-13-35-20/h5,7-10,15-16,23,30H,3-4,6,11-14H2,1-2H3/b24-22+. The van der Waals surface area contributed by atoms with E-state index in [2.05, 4.69) is 13.8 Å². The molecule has 1 N–H and O–H groups in total. The van der Waals surface area contributed by atoms with Gasteiger partial charge in [-0.3, -0.25) is 19.7 Å². The molecule has 0 radical (unpaired) electrons. The minimum atomic E-state index is -1.02. The smallest absolute Gasteiger partial charge is 0.295 e. The third kappa shape index (κ3) is 4.90. The lowest BCUT2D eigenvalue weighted by Gasteiger charge is -2.28. The van der Waals surface area contributed by atoms with Crippen molar-refractivity contribution in [2.45, 2.75) is 26.3 Å². The van der Waals surface area contributed by atoms with Crippen LogP contribution in [-0.2, 0) is 9.59 Å². The van der Waals surface area contributed by atoms with Crippen molar-refractivity contribution in [3.63, 3.8) is 0 Å². The van der Waals surface area contributed by atoms with E-state index < -0.39 is 28.4 Å². The molecule has 2 aliphatic rings. The summed E-state index contributed by atoms with van der Waals surface area (Å²) < 4.78 is 11.1. The number of amides is 1. The molecule has 190 valence electrons. The number of nitrogens with one attached hydrogen (secondary N) is 1. The van der Waals surface area contributed by atoms with Crippen LogP contribution in [0.5, 0.6) is 11.5 Å². The van der Waals surface area contributed by atoms with Crippen LogP contribution in [0.3, 0.4) is 0 Å². The number of quaternary nitrogens is 1. The zero-order chi connectivity index (χ0) is 25.8. The predicted molar refractivity (Wildman–Crippen MR) is 128 cm³/mol. The fourth-order valence-electron chi connectivity index (χ4n) is 4.70. The topological polar surface area (TPSA) is 126 Å². The summed E-state index contributed by atoms with van der Waals surface area (Å²) in [7, 11) is 0. The van der Waals surface area contributed by atoms with E-state index in [1.165, 1.54) is 40.1 Å². The molecule has 0 saturated carbocycles. The minimum Gasteiger partial charge on any atom is -0.872 e. The van der Waals surface area contributed by atoms with E-state index in [-0.39, 0.29) is 23.4 Å². The normalized spacial score (nSPS) is 18.6. The Labute approximate surface area is 208 Å². The van der Waals surface area contributed by atoms with E-state index in [0.717, 1.165) is 19.6 Å². The zero-order valence-corrected chi connectivity index (χ0v) is 20.3. The van der Waals surface area contributed by atoms with Gasteiger partial charge in [0.05, 0.1) is 30.6 Å². The number of hydrogen-bond acceptors (Lipinski definition) is 7. The monoisotopic (exact) mass is 495 g/mol. The van der Waals surface area contributed by atoms with Crippen LogP contribution >= 0.6 is 0 Å². The number of carbonyl (C=O) groups excluding carboxylic acids is 2. The molecule has 10 nitrogen and oxygen atoms in total. The van der Waals surface area contributed by atoms with Crippen LogP contribution in [0.2, 0.25) is 0 Å². The van der Waals surface area contributed by atoms with Gasteiger partial charge in [0.25, 0.3) is 11.6 Å². The van der Waals surface area contributed by atoms with Crippen molar-refractivity contribution in [1.29, 1.82) is 0 Å². The first kappa shape index (κ1) is 25.2. The first-order valence-corrected chi connectivity index (χ1v) is 12.1. The third-order valence-corrected chi connectivity index (χ3v) is 6.66. The number of hydrogen-bond donors (Lipinski definition) is 1. The Hall–Kier alpha value is -3.92. The highest BCUT2D eigenvalue weighted by Gasteiger charge is 2.44. The van der Waals surface area contributed by atoms with E-state index >= 15 is 0 Å². The van der Waals surface area contributed by atoms with Crippen molar-refractivity contribution in [2.75, 3.05) is 39.4 Å². The predicted octanol–water partition coefficient (Wildman–Crippen LogP) is 0.905. The zero-order valence-electron chi connectivity index (χ0n) is 20.3. The summed E-state index contributed by atoms with van der Waals surface area (Å²) in [5, 5.41) is 25.1. The lowest BCUT2D eigenvalue weighted by Crippen LogP contribution is -3.11. The first-order valence-electron chi connectivity index (χ1n) is 12.1. The molecule has 1 atom stereocenters. The van der Waals surface area contributed by atoms with Crippen molar-refractivity contribution in [1.82, 2.24) is 4.90 Å². The highest BCUT2D eigenvalue weighted by atomic mass is 16.6. The Morgan fingerprint density at radius 3 is 2.50 bits per heavy atom. The van der Waals surface area contributed by atoms with Crippen molar-refractivity contribution in [3.8, 4) is 11.5 Å². The summed E-state index contributed by atoms with van der Waals surface area (Å²) in [6.45, 7) is 7.77.